The van der Waals surface area contributed by atoms with Crippen LogP contribution in [-0.2, 0) is 6.42 Å². The lowest BCUT2D eigenvalue weighted by molar-refractivity contribution is 0.815. The number of aryl methyl sites for hydroxylation is 2. The zero-order chi connectivity index (χ0) is 13.1. The van der Waals surface area contributed by atoms with E-state index in [1.807, 2.05) is 36.0 Å². The summed E-state index contributed by atoms with van der Waals surface area (Å²) >= 11 is 6.15. The molecule has 18 heavy (non-hydrogen) atoms. The maximum Gasteiger partial charge on any atom is 0.0663 e. The van der Waals surface area contributed by atoms with E-state index < -0.39 is 0 Å². The summed E-state index contributed by atoms with van der Waals surface area (Å²) in [5.74, 6) is 0. The van der Waals surface area contributed by atoms with Gasteiger partial charge in [0.15, 0.2) is 0 Å². The molecule has 0 bridgehead atoms. The first-order valence-corrected chi connectivity index (χ1v) is 6.51. The van der Waals surface area contributed by atoms with E-state index in [1.165, 1.54) is 5.56 Å². The van der Waals surface area contributed by atoms with Crippen LogP contribution in [0.4, 0.5) is 0 Å². The van der Waals surface area contributed by atoms with Crippen molar-refractivity contribution in [2.75, 3.05) is 6.54 Å². The molecule has 0 atom stereocenters. The molecule has 0 amide bonds. The largest absolute Gasteiger partial charge is 0.330 e. The van der Waals surface area contributed by atoms with Gasteiger partial charge in [0.05, 0.1) is 11.9 Å². The predicted octanol–water partition coefficient (Wildman–Crippen LogP) is 3.03. The molecule has 3 nitrogen and oxygen atoms in total. The molecule has 2 aromatic rings. The molecule has 1 heterocycles. The van der Waals surface area contributed by atoms with E-state index in [4.69, 9.17) is 17.3 Å². The van der Waals surface area contributed by atoms with E-state index in [9.17, 15) is 0 Å². The van der Waals surface area contributed by atoms with E-state index in [0.29, 0.717) is 6.54 Å². The summed E-state index contributed by atoms with van der Waals surface area (Å²) in [6, 6.07) is 6.00. The van der Waals surface area contributed by atoms with Crippen molar-refractivity contribution in [3.8, 4) is 5.69 Å². The molecule has 0 unspecified atom stereocenters. The van der Waals surface area contributed by atoms with Crippen molar-refractivity contribution < 1.29 is 0 Å². The van der Waals surface area contributed by atoms with Crippen molar-refractivity contribution in [1.82, 2.24) is 9.78 Å². The fourth-order valence-corrected chi connectivity index (χ4v) is 2.13. The van der Waals surface area contributed by atoms with Crippen molar-refractivity contribution in [2.24, 2.45) is 5.73 Å². The van der Waals surface area contributed by atoms with Crippen LogP contribution >= 0.6 is 11.6 Å². The maximum absolute atomic E-state index is 6.15. The standard InChI is InChI=1S/C14H18ClN3/c1-10-5-6-13(8-14(10)15)18-11(2)12(9-17-18)4-3-7-16/h5-6,8-9H,3-4,7,16H2,1-2H3. The number of nitrogens with zero attached hydrogens (tertiary/aromatic N) is 2. The Hall–Kier alpha value is -1.32. The van der Waals surface area contributed by atoms with Crippen LogP contribution in [0, 0.1) is 13.8 Å². The summed E-state index contributed by atoms with van der Waals surface area (Å²) < 4.78 is 1.93. The van der Waals surface area contributed by atoms with Crippen molar-refractivity contribution in [2.45, 2.75) is 26.7 Å². The second kappa shape index (κ2) is 5.55. The lowest BCUT2D eigenvalue weighted by atomic mass is 10.1. The van der Waals surface area contributed by atoms with Gasteiger partial charge in [-0.25, -0.2) is 4.68 Å². The first-order valence-electron chi connectivity index (χ1n) is 6.13. The molecule has 4 heteroatoms. The molecule has 0 radical (unpaired) electrons. The van der Waals surface area contributed by atoms with Gasteiger partial charge in [0.2, 0.25) is 0 Å². The third-order valence-electron chi connectivity index (χ3n) is 3.16. The zero-order valence-corrected chi connectivity index (χ0v) is 11.5. The second-order valence-corrected chi connectivity index (χ2v) is 4.90. The molecular formula is C14H18ClN3. The van der Waals surface area contributed by atoms with Crippen LogP contribution in [0.2, 0.25) is 5.02 Å². The van der Waals surface area contributed by atoms with Crippen LogP contribution in [0.3, 0.4) is 0 Å². The highest BCUT2D eigenvalue weighted by Gasteiger charge is 2.08. The third-order valence-corrected chi connectivity index (χ3v) is 3.57. The molecule has 0 saturated heterocycles. The number of hydrogen-bond acceptors (Lipinski definition) is 2. The van der Waals surface area contributed by atoms with Crippen molar-refractivity contribution in [3.63, 3.8) is 0 Å². The summed E-state index contributed by atoms with van der Waals surface area (Å²) in [7, 11) is 0. The Morgan fingerprint density at radius 3 is 2.78 bits per heavy atom. The van der Waals surface area contributed by atoms with Crippen LogP contribution in [0.5, 0.6) is 0 Å². The molecule has 1 aromatic carbocycles. The van der Waals surface area contributed by atoms with Gasteiger partial charge < -0.3 is 5.73 Å². The van der Waals surface area contributed by atoms with Crippen LogP contribution in [0.15, 0.2) is 24.4 Å². The average Bonchev–Trinajstić information content (AvgIpc) is 2.72. The number of halogens is 1. The average molecular weight is 264 g/mol. The third kappa shape index (κ3) is 2.57. The lowest BCUT2D eigenvalue weighted by Gasteiger charge is -2.07. The Morgan fingerprint density at radius 2 is 2.11 bits per heavy atom. The van der Waals surface area contributed by atoms with Gasteiger partial charge in [0, 0.05) is 10.7 Å². The van der Waals surface area contributed by atoms with Crippen LogP contribution in [-0.4, -0.2) is 16.3 Å². The molecule has 96 valence electrons. The topological polar surface area (TPSA) is 43.8 Å². The van der Waals surface area contributed by atoms with Gasteiger partial charge in [-0.2, -0.15) is 5.10 Å². The Labute approximate surface area is 113 Å². The predicted molar refractivity (Wildman–Crippen MR) is 75.4 cm³/mol. The Bertz CT molecular complexity index is 546. The first kappa shape index (κ1) is 13.1. The Balaban J connectivity index is 2.33. The highest BCUT2D eigenvalue weighted by atomic mass is 35.5. The zero-order valence-electron chi connectivity index (χ0n) is 10.8. The molecular weight excluding hydrogens is 246 g/mol. The van der Waals surface area contributed by atoms with Crippen LogP contribution in [0.25, 0.3) is 5.69 Å². The minimum absolute atomic E-state index is 0.709. The van der Waals surface area contributed by atoms with Crippen LogP contribution < -0.4 is 5.73 Å². The van der Waals surface area contributed by atoms with Gasteiger partial charge in [-0.05, 0) is 56.5 Å². The quantitative estimate of drug-likeness (QED) is 0.921. The first-order chi connectivity index (χ1) is 8.63. The molecule has 0 aliphatic rings. The summed E-state index contributed by atoms with van der Waals surface area (Å²) in [6.07, 6.45) is 3.88. The number of rotatable bonds is 4. The minimum Gasteiger partial charge on any atom is -0.330 e. The molecule has 0 aliphatic carbocycles. The van der Waals surface area contributed by atoms with Crippen molar-refractivity contribution in [1.29, 1.82) is 0 Å². The number of nitrogens with two attached hydrogens (primary N) is 1. The fraction of sp³-hybridized carbons (Fsp3) is 0.357. The number of benzene rings is 1. The van der Waals surface area contributed by atoms with Gasteiger partial charge in [0.25, 0.3) is 0 Å². The fourth-order valence-electron chi connectivity index (χ4n) is 1.96. The molecule has 0 spiro atoms. The van der Waals surface area contributed by atoms with Crippen LogP contribution in [0.1, 0.15) is 23.2 Å². The molecule has 0 fully saturated rings. The monoisotopic (exact) mass is 263 g/mol. The van der Waals surface area contributed by atoms with Gasteiger partial charge in [-0.3, -0.25) is 0 Å². The molecule has 2 rings (SSSR count). The number of aromatic nitrogens is 2. The minimum atomic E-state index is 0.709. The molecule has 1 aromatic heterocycles. The summed E-state index contributed by atoms with van der Waals surface area (Å²) in [4.78, 5) is 0. The van der Waals surface area contributed by atoms with E-state index in [0.717, 1.165) is 34.8 Å². The van der Waals surface area contributed by atoms with Gasteiger partial charge in [0.1, 0.15) is 0 Å². The van der Waals surface area contributed by atoms with Crippen molar-refractivity contribution >= 4 is 11.6 Å². The SMILES string of the molecule is Cc1ccc(-n2ncc(CCCN)c2C)cc1Cl. The highest BCUT2D eigenvalue weighted by molar-refractivity contribution is 6.31. The van der Waals surface area contributed by atoms with E-state index in [2.05, 4.69) is 12.0 Å². The normalized spacial score (nSPS) is 10.9. The van der Waals surface area contributed by atoms with E-state index in [1.54, 1.807) is 0 Å². The molecule has 0 saturated carbocycles. The second-order valence-electron chi connectivity index (χ2n) is 4.49. The summed E-state index contributed by atoms with van der Waals surface area (Å²) in [5, 5.41) is 5.20. The Morgan fingerprint density at radius 1 is 1.33 bits per heavy atom. The van der Waals surface area contributed by atoms with Gasteiger partial charge in [-0.1, -0.05) is 17.7 Å². The molecule has 2 N–H and O–H groups in total. The van der Waals surface area contributed by atoms with E-state index in [-0.39, 0.29) is 0 Å². The van der Waals surface area contributed by atoms with Crippen molar-refractivity contribution in [3.05, 3.63) is 46.2 Å². The maximum atomic E-state index is 6.15. The smallest absolute Gasteiger partial charge is 0.0663 e. The highest BCUT2D eigenvalue weighted by Crippen LogP contribution is 2.21. The van der Waals surface area contributed by atoms with Gasteiger partial charge >= 0.3 is 0 Å². The summed E-state index contributed by atoms with van der Waals surface area (Å²) in [5.41, 5.74) is 10.0. The van der Waals surface area contributed by atoms with E-state index >= 15 is 0 Å². The Kier molecular flexibility index (Phi) is 4.04. The summed E-state index contributed by atoms with van der Waals surface area (Å²) in [6.45, 7) is 4.78. The number of hydrogen-bond donors (Lipinski definition) is 1. The van der Waals surface area contributed by atoms with Gasteiger partial charge in [-0.15, -0.1) is 0 Å². The lowest BCUT2D eigenvalue weighted by Crippen LogP contribution is -2.02. The molecule has 0 aliphatic heterocycles.